The van der Waals surface area contributed by atoms with E-state index in [2.05, 4.69) is 13.8 Å². The van der Waals surface area contributed by atoms with Gasteiger partial charge >= 0.3 is 0 Å². The minimum Gasteiger partial charge on any atom is -0.334 e. The van der Waals surface area contributed by atoms with E-state index in [9.17, 15) is 9.18 Å². The molecule has 106 valence electrons. The number of alkyl halides is 1. The lowest BCUT2D eigenvalue weighted by Gasteiger charge is -2.30. The van der Waals surface area contributed by atoms with Crippen LogP contribution in [-0.2, 0) is 0 Å². The minimum absolute atomic E-state index is 0.0631. The predicted octanol–water partition coefficient (Wildman–Crippen LogP) is 4.00. The molecule has 0 heterocycles. The number of rotatable bonds is 6. The van der Waals surface area contributed by atoms with Gasteiger partial charge in [0, 0.05) is 24.0 Å². The third-order valence-corrected chi connectivity index (χ3v) is 3.56. The fourth-order valence-electron chi connectivity index (χ4n) is 2.29. The summed E-state index contributed by atoms with van der Waals surface area (Å²) < 4.78 is 13.1. The maximum atomic E-state index is 13.1. The lowest BCUT2D eigenvalue weighted by Crippen LogP contribution is -2.41. The standard InChI is InChI=1S/C15H21ClFNO/c1-4-13(5-2)18(9-8-16)15(19)14-7-6-12(17)10-11(14)3/h6-7,10,13H,4-5,8-9H2,1-3H3. The number of carbonyl (C=O) groups is 1. The van der Waals surface area contributed by atoms with Gasteiger partial charge in [0.05, 0.1) is 0 Å². The Morgan fingerprint density at radius 3 is 2.47 bits per heavy atom. The number of hydrogen-bond donors (Lipinski definition) is 0. The van der Waals surface area contributed by atoms with Gasteiger partial charge in [-0.3, -0.25) is 4.79 Å². The van der Waals surface area contributed by atoms with Crippen molar-refractivity contribution in [2.75, 3.05) is 12.4 Å². The van der Waals surface area contributed by atoms with Crippen LogP contribution in [-0.4, -0.2) is 29.3 Å². The van der Waals surface area contributed by atoms with E-state index < -0.39 is 0 Å². The number of nitrogens with zero attached hydrogens (tertiary/aromatic N) is 1. The monoisotopic (exact) mass is 285 g/mol. The first-order valence-electron chi connectivity index (χ1n) is 6.68. The molecule has 0 bridgehead atoms. The summed E-state index contributed by atoms with van der Waals surface area (Å²) in [6, 6.07) is 4.44. The van der Waals surface area contributed by atoms with Gasteiger partial charge in [0.2, 0.25) is 0 Å². The second kappa shape index (κ2) is 7.49. The number of halogens is 2. The predicted molar refractivity (Wildman–Crippen MR) is 77.3 cm³/mol. The Kier molecular flexibility index (Phi) is 6.29. The molecule has 1 aromatic rings. The molecule has 2 nitrogen and oxygen atoms in total. The smallest absolute Gasteiger partial charge is 0.254 e. The van der Waals surface area contributed by atoms with E-state index in [1.54, 1.807) is 17.9 Å². The third-order valence-electron chi connectivity index (χ3n) is 3.39. The van der Waals surface area contributed by atoms with Gasteiger partial charge in [0.25, 0.3) is 5.91 Å². The zero-order valence-corrected chi connectivity index (χ0v) is 12.5. The number of aryl methyl sites for hydroxylation is 1. The van der Waals surface area contributed by atoms with E-state index in [4.69, 9.17) is 11.6 Å². The molecule has 0 N–H and O–H groups in total. The summed E-state index contributed by atoms with van der Waals surface area (Å²) in [6.07, 6.45) is 1.78. The normalized spacial score (nSPS) is 10.8. The molecular weight excluding hydrogens is 265 g/mol. The molecule has 0 aliphatic heterocycles. The van der Waals surface area contributed by atoms with Gasteiger partial charge in [-0.05, 0) is 43.5 Å². The molecule has 0 spiro atoms. The highest BCUT2D eigenvalue weighted by Gasteiger charge is 2.23. The first-order chi connectivity index (χ1) is 9.04. The molecule has 0 radical (unpaired) electrons. The Morgan fingerprint density at radius 1 is 1.37 bits per heavy atom. The number of amides is 1. The largest absolute Gasteiger partial charge is 0.334 e. The van der Waals surface area contributed by atoms with E-state index in [1.807, 2.05) is 0 Å². The van der Waals surface area contributed by atoms with Gasteiger partial charge < -0.3 is 4.90 Å². The van der Waals surface area contributed by atoms with Crippen LogP contribution in [0.1, 0.15) is 42.6 Å². The van der Waals surface area contributed by atoms with E-state index in [-0.39, 0.29) is 17.8 Å². The molecule has 0 saturated carbocycles. The average Bonchev–Trinajstić information content (AvgIpc) is 2.38. The summed E-state index contributed by atoms with van der Waals surface area (Å²) in [5.74, 6) is 0.0231. The lowest BCUT2D eigenvalue weighted by atomic mass is 10.0. The molecule has 0 aliphatic carbocycles. The van der Waals surface area contributed by atoms with Gasteiger partial charge in [-0.1, -0.05) is 13.8 Å². The van der Waals surface area contributed by atoms with Crippen LogP contribution in [0.2, 0.25) is 0 Å². The molecule has 4 heteroatoms. The van der Waals surface area contributed by atoms with Crippen LogP contribution >= 0.6 is 11.6 Å². The van der Waals surface area contributed by atoms with Crippen LogP contribution in [0, 0.1) is 12.7 Å². The van der Waals surface area contributed by atoms with E-state index in [1.165, 1.54) is 12.1 Å². The van der Waals surface area contributed by atoms with Gasteiger partial charge in [0.1, 0.15) is 5.82 Å². The molecule has 0 aromatic heterocycles. The highest BCUT2D eigenvalue weighted by atomic mass is 35.5. The third kappa shape index (κ3) is 3.93. The van der Waals surface area contributed by atoms with Crippen molar-refractivity contribution in [3.63, 3.8) is 0 Å². The molecule has 0 unspecified atom stereocenters. The molecule has 0 atom stereocenters. The topological polar surface area (TPSA) is 20.3 Å². The van der Waals surface area contributed by atoms with E-state index in [0.717, 1.165) is 12.8 Å². The van der Waals surface area contributed by atoms with Gasteiger partial charge in [0.15, 0.2) is 0 Å². The van der Waals surface area contributed by atoms with Crippen LogP contribution in [0.25, 0.3) is 0 Å². The Balaban J connectivity index is 3.04. The van der Waals surface area contributed by atoms with E-state index in [0.29, 0.717) is 23.6 Å². The minimum atomic E-state index is -0.319. The summed E-state index contributed by atoms with van der Waals surface area (Å²) in [5.41, 5.74) is 1.22. The second-order valence-electron chi connectivity index (χ2n) is 4.62. The highest BCUT2D eigenvalue weighted by molar-refractivity contribution is 6.18. The van der Waals surface area contributed by atoms with Crippen LogP contribution in [0.5, 0.6) is 0 Å². The van der Waals surface area contributed by atoms with Gasteiger partial charge in [-0.15, -0.1) is 11.6 Å². The first-order valence-corrected chi connectivity index (χ1v) is 7.21. The lowest BCUT2D eigenvalue weighted by molar-refractivity contribution is 0.0681. The molecule has 0 saturated heterocycles. The summed E-state index contributed by atoms with van der Waals surface area (Å²) in [6.45, 7) is 6.38. The van der Waals surface area contributed by atoms with Crippen LogP contribution in [0.3, 0.4) is 0 Å². The van der Waals surface area contributed by atoms with Crippen molar-refractivity contribution >= 4 is 17.5 Å². The van der Waals surface area contributed by atoms with Crippen LogP contribution in [0.15, 0.2) is 18.2 Å². The second-order valence-corrected chi connectivity index (χ2v) is 5.00. The average molecular weight is 286 g/mol. The SMILES string of the molecule is CCC(CC)N(CCCl)C(=O)c1ccc(F)cc1C. The maximum absolute atomic E-state index is 13.1. The van der Waals surface area contributed by atoms with Crippen LogP contribution < -0.4 is 0 Å². The summed E-state index contributed by atoms with van der Waals surface area (Å²) >= 11 is 5.80. The first kappa shape index (κ1) is 16.0. The molecular formula is C15H21ClFNO. The summed E-state index contributed by atoms with van der Waals surface area (Å²) in [7, 11) is 0. The van der Waals surface area contributed by atoms with Crippen molar-refractivity contribution in [2.45, 2.75) is 39.7 Å². The van der Waals surface area contributed by atoms with Crippen molar-refractivity contribution in [3.8, 4) is 0 Å². The van der Waals surface area contributed by atoms with E-state index >= 15 is 0 Å². The quantitative estimate of drug-likeness (QED) is 0.723. The van der Waals surface area contributed by atoms with Crippen molar-refractivity contribution in [3.05, 3.63) is 35.1 Å². The Labute approximate surface area is 119 Å². The number of benzene rings is 1. The maximum Gasteiger partial charge on any atom is 0.254 e. The Bertz CT molecular complexity index is 432. The molecule has 1 aromatic carbocycles. The molecule has 0 aliphatic rings. The molecule has 0 fully saturated rings. The highest BCUT2D eigenvalue weighted by Crippen LogP contribution is 2.17. The zero-order chi connectivity index (χ0) is 14.4. The zero-order valence-electron chi connectivity index (χ0n) is 11.7. The fraction of sp³-hybridized carbons (Fsp3) is 0.533. The number of carbonyl (C=O) groups excluding carboxylic acids is 1. The Morgan fingerprint density at radius 2 is 2.00 bits per heavy atom. The van der Waals surface area contributed by atoms with Crippen molar-refractivity contribution in [1.29, 1.82) is 0 Å². The van der Waals surface area contributed by atoms with Gasteiger partial charge in [-0.2, -0.15) is 0 Å². The Hall–Kier alpha value is -1.09. The summed E-state index contributed by atoms with van der Waals surface area (Å²) in [5, 5.41) is 0. The molecule has 19 heavy (non-hydrogen) atoms. The summed E-state index contributed by atoms with van der Waals surface area (Å²) in [4.78, 5) is 14.4. The van der Waals surface area contributed by atoms with Crippen molar-refractivity contribution in [1.82, 2.24) is 4.90 Å². The number of hydrogen-bond acceptors (Lipinski definition) is 1. The van der Waals surface area contributed by atoms with Gasteiger partial charge in [-0.25, -0.2) is 4.39 Å². The molecule has 1 rings (SSSR count). The van der Waals surface area contributed by atoms with Crippen molar-refractivity contribution in [2.24, 2.45) is 0 Å². The van der Waals surface area contributed by atoms with Crippen molar-refractivity contribution < 1.29 is 9.18 Å². The fourth-order valence-corrected chi connectivity index (χ4v) is 2.47. The molecule has 1 amide bonds. The van der Waals surface area contributed by atoms with Crippen LogP contribution in [0.4, 0.5) is 4.39 Å².